The molecule has 0 radical (unpaired) electrons. The first-order chi connectivity index (χ1) is 25.5. The number of nitrogens with zero attached hydrogens (tertiary/aromatic N) is 2. The zero-order chi connectivity index (χ0) is 35.4. The van der Waals surface area contributed by atoms with Crippen LogP contribution in [0.2, 0.25) is 0 Å². The Morgan fingerprint density at radius 1 is 0.558 bits per heavy atom. The number of hydrogen-bond donors (Lipinski definition) is 0. The van der Waals surface area contributed by atoms with Crippen molar-refractivity contribution >= 4 is 44.4 Å². The molecule has 7 aromatic carbocycles. The number of fused-ring (bicyclic) bond motifs is 6. The maximum atomic E-state index is 4.04. The lowest BCUT2D eigenvalue weighted by Crippen LogP contribution is -2.16. The Labute approximate surface area is 306 Å². The Balaban J connectivity index is 1.24. The van der Waals surface area contributed by atoms with E-state index in [0.29, 0.717) is 0 Å². The summed E-state index contributed by atoms with van der Waals surface area (Å²) in [5.74, 6) is 0. The van der Waals surface area contributed by atoms with Gasteiger partial charge in [-0.25, -0.2) is 0 Å². The lowest BCUT2D eigenvalue weighted by molar-refractivity contribution is 0.660. The first-order valence-corrected chi connectivity index (χ1v) is 18.1. The van der Waals surface area contributed by atoms with Gasteiger partial charge in [0, 0.05) is 38.9 Å². The van der Waals surface area contributed by atoms with Gasteiger partial charge in [0.25, 0.3) is 0 Å². The van der Waals surface area contributed by atoms with E-state index in [1.165, 1.54) is 55.2 Å². The van der Waals surface area contributed by atoms with Crippen LogP contribution in [0.1, 0.15) is 37.5 Å². The molecule has 1 heterocycles. The van der Waals surface area contributed by atoms with Gasteiger partial charge in [-0.3, -0.25) is 0 Å². The van der Waals surface area contributed by atoms with Crippen molar-refractivity contribution < 1.29 is 0 Å². The van der Waals surface area contributed by atoms with Gasteiger partial charge in [-0.1, -0.05) is 142 Å². The molecule has 1 aromatic heterocycles. The maximum Gasteiger partial charge on any atom is 0.0561 e. The number of rotatable bonds is 7. The van der Waals surface area contributed by atoms with Crippen molar-refractivity contribution in [3.63, 3.8) is 0 Å². The number of para-hydroxylation sites is 1. The Morgan fingerprint density at radius 2 is 1.17 bits per heavy atom. The van der Waals surface area contributed by atoms with Crippen LogP contribution in [0.15, 0.2) is 183 Å². The molecule has 0 fully saturated rings. The second kappa shape index (κ2) is 12.4. The van der Waals surface area contributed by atoms with E-state index in [1.807, 2.05) is 6.08 Å². The lowest BCUT2D eigenvalue weighted by atomic mass is 9.82. The molecule has 0 amide bonds. The molecule has 1 aliphatic rings. The van der Waals surface area contributed by atoms with Crippen LogP contribution in [-0.2, 0) is 5.41 Å². The molecule has 250 valence electrons. The van der Waals surface area contributed by atoms with Crippen LogP contribution in [0.4, 0.5) is 17.1 Å². The lowest BCUT2D eigenvalue weighted by Gasteiger charge is -2.28. The van der Waals surface area contributed by atoms with E-state index >= 15 is 0 Å². The molecule has 0 N–H and O–H groups in total. The van der Waals surface area contributed by atoms with Crippen molar-refractivity contribution in [2.75, 3.05) is 4.90 Å². The third-order valence-corrected chi connectivity index (χ3v) is 11.0. The maximum absolute atomic E-state index is 4.04. The second-order valence-corrected chi connectivity index (χ2v) is 14.2. The van der Waals surface area contributed by atoms with Gasteiger partial charge in [0.1, 0.15) is 0 Å². The number of anilines is 3. The topological polar surface area (TPSA) is 8.17 Å². The van der Waals surface area contributed by atoms with E-state index in [9.17, 15) is 0 Å². The molecular formula is C50H40N2. The minimum absolute atomic E-state index is 0.107. The minimum atomic E-state index is -0.107. The molecule has 2 nitrogen and oxygen atoms in total. The van der Waals surface area contributed by atoms with E-state index in [1.54, 1.807) is 0 Å². The predicted molar refractivity (Wildman–Crippen MR) is 222 cm³/mol. The minimum Gasteiger partial charge on any atom is -0.310 e. The largest absolute Gasteiger partial charge is 0.310 e. The van der Waals surface area contributed by atoms with Gasteiger partial charge in [0.05, 0.1) is 11.0 Å². The monoisotopic (exact) mass is 668 g/mol. The van der Waals surface area contributed by atoms with Crippen LogP contribution < -0.4 is 4.90 Å². The van der Waals surface area contributed by atoms with E-state index in [4.69, 9.17) is 0 Å². The van der Waals surface area contributed by atoms with Gasteiger partial charge in [0.15, 0.2) is 0 Å². The Hall–Kier alpha value is -6.38. The Bertz CT molecular complexity index is 2650. The highest BCUT2D eigenvalue weighted by Gasteiger charge is 2.35. The van der Waals surface area contributed by atoms with Crippen molar-refractivity contribution in [1.29, 1.82) is 0 Å². The molecule has 0 aliphatic heterocycles. The summed E-state index contributed by atoms with van der Waals surface area (Å²) >= 11 is 0. The van der Waals surface area contributed by atoms with Gasteiger partial charge < -0.3 is 9.47 Å². The predicted octanol–water partition coefficient (Wildman–Crippen LogP) is 13.8. The third-order valence-electron chi connectivity index (χ3n) is 11.0. The van der Waals surface area contributed by atoms with Crippen LogP contribution in [0.25, 0.3) is 55.3 Å². The van der Waals surface area contributed by atoms with Gasteiger partial charge in [-0.15, -0.1) is 0 Å². The molecule has 0 atom stereocenters. The number of benzene rings is 7. The van der Waals surface area contributed by atoms with Gasteiger partial charge in [-0.05, 0) is 106 Å². The van der Waals surface area contributed by atoms with E-state index in [-0.39, 0.29) is 5.41 Å². The van der Waals surface area contributed by atoms with Crippen LogP contribution in [0, 0.1) is 0 Å². The molecule has 8 aromatic rings. The fraction of sp³-hybridized carbons (Fsp3) is 0.0800. The number of allylic oxidation sites excluding steroid dienone is 3. The second-order valence-electron chi connectivity index (χ2n) is 14.2. The first kappa shape index (κ1) is 31.6. The Morgan fingerprint density at radius 3 is 1.94 bits per heavy atom. The van der Waals surface area contributed by atoms with Gasteiger partial charge in [-0.2, -0.15) is 0 Å². The zero-order valence-electron chi connectivity index (χ0n) is 29.8. The highest BCUT2D eigenvalue weighted by molar-refractivity contribution is 6.10. The average Bonchev–Trinajstić information content (AvgIpc) is 3.64. The summed E-state index contributed by atoms with van der Waals surface area (Å²) in [6, 6.07) is 60.0. The fourth-order valence-corrected chi connectivity index (χ4v) is 8.29. The Kier molecular flexibility index (Phi) is 7.56. The van der Waals surface area contributed by atoms with Crippen molar-refractivity contribution in [3.05, 3.63) is 199 Å². The molecular weight excluding hydrogens is 629 g/mol. The molecule has 1 aliphatic carbocycles. The van der Waals surface area contributed by atoms with Crippen LogP contribution in [0.3, 0.4) is 0 Å². The highest BCUT2D eigenvalue weighted by Crippen LogP contribution is 2.51. The summed E-state index contributed by atoms with van der Waals surface area (Å²) in [5.41, 5.74) is 16.8. The molecule has 0 bridgehead atoms. The summed E-state index contributed by atoms with van der Waals surface area (Å²) in [5, 5.41) is 2.48. The molecule has 0 spiro atoms. The average molecular weight is 669 g/mol. The first-order valence-electron chi connectivity index (χ1n) is 18.1. The standard InChI is InChI=1S/C50H40N2/c1-5-34(6-2)36-20-24-38(25-21-36)51(40-28-30-43-42-16-10-12-18-46(42)50(3,4)47(43)32-40)41-29-31-45-44-17-11-13-19-48(44)52(49(45)33-41)39-26-22-37(23-27-39)35-14-8-7-9-15-35/h5-33H,1H2,2-4H3/b34-6+. The third kappa shape index (κ3) is 5.02. The summed E-state index contributed by atoms with van der Waals surface area (Å²) in [7, 11) is 0. The van der Waals surface area contributed by atoms with E-state index in [0.717, 1.165) is 33.9 Å². The van der Waals surface area contributed by atoms with Gasteiger partial charge >= 0.3 is 0 Å². The van der Waals surface area contributed by atoms with E-state index in [2.05, 4.69) is 207 Å². The molecule has 0 saturated carbocycles. The molecule has 9 rings (SSSR count). The summed E-state index contributed by atoms with van der Waals surface area (Å²) in [6.45, 7) is 10.8. The van der Waals surface area contributed by atoms with Crippen LogP contribution in [0.5, 0.6) is 0 Å². The molecule has 2 heteroatoms. The van der Waals surface area contributed by atoms with Crippen LogP contribution in [-0.4, -0.2) is 4.57 Å². The number of aromatic nitrogens is 1. The molecule has 52 heavy (non-hydrogen) atoms. The zero-order valence-corrected chi connectivity index (χ0v) is 29.8. The molecule has 0 saturated heterocycles. The smallest absolute Gasteiger partial charge is 0.0561 e. The normalized spacial score (nSPS) is 13.2. The number of hydrogen-bond acceptors (Lipinski definition) is 1. The van der Waals surface area contributed by atoms with Crippen molar-refractivity contribution in [2.45, 2.75) is 26.2 Å². The fourth-order valence-electron chi connectivity index (χ4n) is 8.29. The van der Waals surface area contributed by atoms with Crippen LogP contribution >= 0.6 is 0 Å². The summed E-state index contributed by atoms with van der Waals surface area (Å²) in [4.78, 5) is 2.41. The van der Waals surface area contributed by atoms with Crippen molar-refractivity contribution in [1.82, 2.24) is 4.57 Å². The SMILES string of the molecule is C=C/C(=C\C)c1ccc(N(c2ccc3c(c2)C(C)(C)c2ccccc2-3)c2ccc3c4ccccc4n(-c4ccc(-c5ccccc5)cc4)c3c2)cc1. The van der Waals surface area contributed by atoms with Crippen molar-refractivity contribution in [3.8, 4) is 27.9 Å². The quantitative estimate of drug-likeness (QED) is 0.153. The summed E-state index contributed by atoms with van der Waals surface area (Å²) in [6.07, 6.45) is 4.03. The van der Waals surface area contributed by atoms with E-state index < -0.39 is 0 Å². The van der Waals surface area contributed by atoms with Gasteiger partial charge in [0.2, 0.25) is 0 Å². The summed E-state index contributed by atoms with van der Waals surface area (Å²) < 4.78 is 2.41. The molecule has 0 unspecified atom stereocenters. The highest BCUT2D eigenvalue weighted by atomic mass is 15.1. The van der Waals surface area contributed by atoms with Crippen molar-refractivity contribution in [2.24, 2.45) is 0 Å².